The first-order valence-electron chi connectivity index (χ1n) is 6.52. The number of benzene rings is 1. The molecule has 5 nitrogen and oxygen atoms in total. The number of hydrogen-bond acceptors (Lipinski definition) is 4. The van der Waals surface area contributed by atoms with Crippen molar-refractivity contribution in [3.63, 3.8) is 0 Å². The van der Waals surface area contributed by atoms with Gasteiger partial charge < -0.3 is 16.0 Å². The predicted octanol–water partition coefficient (Wildman–Crippen LogP) is 1.13. The molecular formula is C14H21N3O2. The number of piperidine rings is 1. The third kappa shape index (κ3) is 3.45. The van der Waals surface area contributed by atoms with Crippen molar-refractivity contribution < 1.29 is 10.3 Å². The smallest absolute Gasteiger partial charge is 0.170 e. The Kier molecular flexibility index (Phi) is 4.07. The van der Waals surface area contributed by atoms with Crippen molar-refractivity contribution in [3.8, 4) is 0 Å². The summed E-state index contributed by atoms with van der Waals surface area (Å²) in [5.41, 5.74) is 6.95. The Labute approximate surface area is 113 Å². The SMILES string of the molecule is CC1(O)CCN(Cc2ccccc2/C(N)=N/O)CC1. The number of aliphatic hydroxyl groups is 1. The zero-order chi connectivity index (χ0) is 13.9. The fourth-order valence-corrected chi connectivity index (χ4v) is 2.40. The fourth-order valence-electron chi connectivity index (χ4n) is 2.40. The van der Waals surface area contributed by atoms with E-state index in [1.54, 1.807) is 0 Å². The van der Waals surface area contributed by atoms with E-state index in [0.29, 0.717) is 0 Å². The van der Waals surface area contributed by atoms with E-state index in [0.717, 1.165) is 43.6 Å². The molecule has 104 valence electrons. The molecule has 1 heterocycles. The van der Waals surface area contributed by atoms with Gasteiger partial charge in [0.05, 0.1) is 5.60 Å². The van der Waals surface area contributed by atoms with Crippen LogP contribution in [-0.2, 0) is 6.54 Å². The predicted molar refractivity (Wildman–Crippen MR) is 74.1 cm³/mol. The van der Waals surface area contributed by atoms with E-state index in [2.05, 4.69) is 10.1 Å². The van der Waals surface area contributed by atoms with E-state index >= 15 is 0 Å². The van der Waals surface area contributed by atoms with Crippen molar-refractivity contribution >= 4 is 5.84 Å². The summed E-state index contributed by atoms with van der Waals surface area (Å²) < 4.78 is 0. The number of likely N-dealkylation sites (tertiary alicyclic amines) is 1. The van der Waals surface area contributed by atoms with Gasteiger partial charge in [-0.25, -0.2) is 0 Å². The first-order chi connectivity index (χ1) is 9.02. The van der Waals surface area contributed by atoms with Crippen molar-refractivity contribution in [2.24, 2.45) is 10.9 Å². The van der Waals surface area contributed by atoms with Crippen molar-refractivity contribution in [2.75, 3.05) is 13.1 Å². The second kappa shape index (κ2) is 5.59. The molecule has 1 aromatic rings. The largest absolute Gasteiger partial charge is 0.409 e. The van der Waals surface area contributed by atoms with Crippen LogP contribution in [0.25, 0.3) is 0 Å². The molecule has 1 aliphatic rings. The number of hydrogen-bond donors (Lipinski definition) is 3. The average Bonchev–Trinajstić information content (AvgIpc) is 2.41. The Morgan fingerprint density at radius 1 is 1.37 bits per heavy atom. The second-order valence-electron chi connectivity index (χ2n) is 5.42. The summed E-state index contributed by atoms with van der Waals surface area (Å²) in [6, 6.07) is 7.66. The molecule has 1 saturated heterocycles. The van der Waals surface area contributed by atoms with Gasteiger partial charge in [-0.2, -0.15) is 0 Å². The lowest BCUT2D eigenvalue weighted by atomic mass is 9.93. The monoisotopic (exact) mass is 263 g/mol. The third-order valence-electron chi connectivity index (χ3n) is 3.73. The maximum atomic E-state index is 9.94. The van der Waals surface area contributed by atoms with Gasteiger partial charge >= 0.3 is 0 Å². The Morgan fingerprint density at radius 3 is 2.63 bits per heavy atom. The van der Waals surface area contributed by atoms with Crippen LogP contribution in [0.4, 0.5) is 0 Å². The minimum Gasteiger partial charge on any atom is -0.409 e. The third-order valence-corrected chi connectivity index (χ3v) is 3.73. The quantitative estimate of drug-likeness (QED) is 0.330. The summed E-state index contributed by atoms with van der Waals surface area (Å²) in [6.45, 7) is 4.35. The minimum absolute atomic E-state index is 0.139. The number of rotatable bonds is 3. The molecule has 19 heavy (non-hydrogen) atoms. The van der Waals surface area contributed by atoms with Gasteiger partial charge in [-0.15, -0.1) is 0 Å². The van der Waals surface area contributed by atoms with E-state index in [1.807, 2.05) is 31.2 Å². The highest BCUT2D eigenvalue weighted by atomic mass is 16.4. The van der Waals surface area contributed by atoms with E-state index in [-0.39, 0.29) is 5.84 Å². The van der Waals surface area contributed by atoms with E-state index in [4.69, 9.17) is 10.9 Å². The standard InChI is InChI=1S/C14H21N3O2/c1-14(18)6-8-17(9-7-14)10-11-4-2-3-5-12(11)13(15)16-19/h2-5,18-19H,6-10H2,1H3,(H2,15,16). The summed E-state index contributed by atoms with van der Waals surface area (Å²) in [6.07, 6.45) is 1.55. The molecule has 1 aliphatic heterocycles. The van der Waals surface area contributed by atoms with Gasteiger partial charge in [0.25, 0.3) is 0 Å². The number of nitrogens with zero attached hydrogens (tertiary/aromatic N) is 2. The van der Waals surface area contributed by atoms with Gasteiger partial charge in [-0.05, 0) is 25.3 Å². The molecule has 0 spiro atoms. The van der Waals surface area contributed by atoms with Gasteiger partial charge in [0.2, 0.25) is 0 Å². The van der Waals surface area contributed by atoms with Crippen LogP contribution in [0.2, 0.25) is 0 Å². The van der Waals surface area contributed by atoms with E-state index < -0.39 is 5.60 Å². The maximum Gasteiger partial charge on any atom is 0.170 e. The lowest BCUT2D eigenvalue weighted by Gasteiger charge is -2.36. The molecule has 5 heteroatoms. The van der Waals surface area contributed by atoms with Crippen LogP contribution in [0.3, 0.4) is 0 Å². The molecule has 0 aromatic heterocycles. The van der Waals surface area contributed by atoms with Crippen molar-refractivity contribution in [1.29, 1.82) is 0 Å². The molecule has 0 radical (unpaired) electrons. The van der Waals surface area contributed by atoms with Crippen molar-refractivity contribution in [3.05, 3.63) is 35.4 Å². The first kappa shape index (κ1) is 13.8. The minimum atomic E-state index is -0.540. The zero-order valence-corrected chi connectivity index (χ0v) is 11.2. The molecule has 2 rings (SSSR count). The zero-order valence-electron chi connectivity index (χ0n) is 11.2. The van der Waals surface area contributed by atoms with E-state index in [1.165, 1.54) is 0 Å². The number of amidine groups is 1. The number of oxime groups is 1. The molecule has 1 aromatic carbocycles. The second-order valence-corrected chi connectivity index (χ2v) is 5.42. The molecule has 4 N–H and O–H groups in total. The summed E-state index contributed by atoms with van der Waals surface area (Å²) in [5, 5.41) is 21.8. The molecule has 0 aliphatic carbocycles. The Morgan fingerprint density at radius 2 is 2.00 bits per heavy atom. The average molecular weight is 263 g/mol. The highest BCUT2D eigenvalue weighted by molar-refractivity contribution is 5.98. The van der Waals surface area contributed by atoms with Crippen LogP contribution in [0, 0.1) is 0 Å². The lowest BCUT2D eigenvalue weighted by molar-refractivity contribution is -0.00730. The molecule has 0 bridgehead atoms. The normalized spacial score (nSPS) is 20.4. The molecule has 0 unspecified atom stereocenters. The molecule has 0 amide bonds. The van der Waals surface area contributed by atoms with Gasteiger partial charge in [0.1, 0.15) is 0 Å². The Hall–Kier alpha value is -1.59. The fraction of sp³-hybridized carbons (Fsp3) is 0.500. The van der Waals surface area contributed by atoms with Gasteiger partial charge in [0.15, 0.2) is 5.84 Å². The Balaban J connectivity index is 2.08. The van der Waals surface area contributed by atoms with Crippen LogP contribution >= 0.6 is 0 Å². The summed E-state index contributed by atoms with van der Waals surface area (Å²) in [4.78, 5) is 2.28. The summed E-state index contributed by atoms with van der Waals surface area (Å²) >= 11 is 0. The van der Waals surface area contributed by atoms with Crippen LogP contribution in [0.15, 0.2) is 29.4 Å². The highest BCUT2D eigenvalue weighted by Gasteiger charge is 2.27. The molecular weight excluding hydrogens is 242 g/mol. The van der Waals surface area contributed by atoms with Crippen LogP contribution in [-0.4, -0.2) is 39.7 Å². The van der Waals surface area contributed by atoms with Crippen molar-refractivity contribution in [1.82, 2.24) is 4.90 Å². The maximum absolute atomic E-state index is 9.94. The van der Waals surface area contributed by atoms with Gasteiger partial charge in [0, 0.05) is 25.2 Å². The van der Waals surface area contributed by atoms with Crippen LogP contribution < -0.4 is 5.73 Å². The van der Waals surface area contributed by atoms with Crippen molar-refractivity contribution in [2.45, 2.75) is 31.9 Å². The lowest BCUT2D eigenvalue weighted by Crippen LogP contribution is -2.42. The Bertz CT molecular complexity index is 462. The van der Waals surface area contributed by atoms with Crippen LogP contribution in [0.1, 0.15) is 30.9 Å². The van der Waals surface area contributed by atoms with Gasteiger partial charge in [-0.3, -0.25) is 4.90 Å². The number of nitrogens with two attached hydrogens (primary N) is 1. The highest BCUT2D eigenvalue weighted by Crippen LogP contribution is 2.23. The summed E-state index contributed by atoms with van der Waals surface area (Å²) in [5.74, 6) is 0.139. The van der Waals surface area contributed by atoms with Gasteiger partial charge in [-0.1, -0.05) is 29.4 Å². The van der Waals surface area contributed by atoms with E-state index in [9.17, 15) is 5.11 Å². The first-order valence-corrected chi connectivity index (χ1v) is 6.52. The molecule has 1 fully saturated rings. The summed E-state index contributed by atoms with van der Waals surface area (Å²) in [7, 11) is 0. The molecule has 0 saturated carbocycles. The molecule has 0 atom stereocenters. The topological polar surface area (TPSA) is 82.1 Å². The van der Waals surface area contributed by atoms with Crippen LogP contribution in [0.5, 0.6) is 0 Å².